The summed E-state index contributed by atoms with van der Waals surface area (Å²) in [6.45, 7) is 0. The van der Waals surface area contributed by atoms with Gasteiger partial charge in [-0.3, -0.25) is 0 Å². The number of pyridine rings is 1. The van der Waals surface area contributed by atoms with E-state index in [4.69, 9.17) is 16.7 Å². The van der Waals surface area contributed by atoms with Gasteiger partial charge in [0, 0.05) is 33.5 Å². The van der Waals surface area contributed by atoms with E-state index in [9.17, 15) is 4.79 Å². The Kier molecular flexibility index (Phi) is 4.59. The van der Waals surface area contributed by atoms with Gasteiger partial charge < -0.3 is 5.11 Å². The summed E-state index contributed by atoms with van der Waals surface area (Å²) in [5.74, 6) is -1.06. The van der Waals surface area contributed by atoms with Crippen molar-refractivity contribution in [3.63, 3.8) is 0 Å². The number of hydrogen-bond acceptors (Lipinski definition) is 2. The van der Waals surface area contributed by atoms with Crippen LogP contribution in [-0.2, 0) is 0 Å². The van der Waals surface area contributed by atoms with E-state index in [2.05, 4.69) is 4.98 Å². The van der Waals surface area contributed by atoms with Crippen molar-refractivity contribution in [2.75, 3.05) is 0 Å². The smallest absolute Gasteiger partial charge is 0.338 e. The van der Waals surface area contributed by atoms with Crippen LogP contribution < -0.4 is 0 Å². The summed E-state index contributed by atoms with van der Waals surface area (Å²) in [5, 5.41) is 8.46. The molecule has 0 aliphatic carbocycles. The van der Waals surface area contributed by atoms with Crippen LogP contribution in [0.1, 0.15) is 10.4 Å². The van der Waals surface area contributed by atoms with Gasteiger partial charge in [-0.05, 0) is 12.1 Å². The summed E-state index contributed by atoms with van der Waals surface area (Å²) < 4.78 is 0. The molecular weight excluding hydrogens is 361 g/mol. The molecule has 56 valence electrons. The Hall–Kier alpha value is -0.168. The fourth-order valence-corrected chi connectivity index (χ4v) is 0.746. The second-order valence-corrected chi connectivity index (χ2v) is 2.00. The summed E-state index contributed by atoms with van der Waals surface area (Å²) in [6.07, 6.45) is 1.44. The fourth-order valence-electron chi connectivity index (χ4n) is 0.546. The normalized spacial score (nSPS) is 8.45. The van der Waals surface area contributed by atoms with Gasteiger partial charge in [-0.15, -0.1) is 0 Å². The Balaban J connectivity index is 0.000001000. The van der Waals surface area contributed by atoms with Crippen molar-refractivity contribution in [1.29, 1.82) is 0 Å². The molecule has 3 nitrogen and oxygen atoms in total. The number of aromatic carboxylic acids is 1. The van der Waals surface area contributed by atoms with Gasteiger partial charge in [0.25, 0.3) is 0 Å². The van der Waals surface area contributed by atoms with Gasteiger partial charge in [0.1, 0.15) is 5.15 Å². The van der Waals surface area contributed by atoms with Crippen molar-refractivity contribution in [2.45, 2.75) is 0 Å². The van der Waals surface area contributed by atoms with Gasteiger partial charge in [-0.2, -0.15) is 0 Å². The molecule has 0 fully saturated rings. The van der Waals surface area contributed by atoms with E-state index in [-0.39, 0.29) is 38.0 Å². The number of hydrogen-bond donors (Lipinski definition) is 1. The molecule has 0 amide bonds. The van der Waals surface area contributed by atoms with E-state index in [1.54, 1.807) is 0 Å². The maximum Gasteiger partial charge on any atom is 0.338 e. The third-order valence-electron chi connectivity index (χ3n) is 0.989. The van der Waals surface area contributed by atoms with Crippen LogP contribution in [0.2, 0.25) is 5.15 Å². The molecule has 4 radical (unpaired) electrons. The maximum atomic E-state index is 10.3. The largest absolute Gasteiger partial charge is 0.478 e. The van der Waals surface area contributed by atoms with Crippen LogP contribution in [-0.4, -0.2) is 43.4 Å². The second kappa shape index (κ2) is 4.66. The average molecular weight is 365 g/mol. The first kappa shape index (κ1) is 10.8. The zero-order chi connectivity index (χ0) is 7.56. The third kappa shape index (κ3) is 2.74. The number of nitrogens with zero attached hydrogens (tertiary/aromatic N) is 1. The van der Waals surface area contributed by atoms with Crippen LogP contribution >= 0.6 is 11.6 Å². The first-order valence-electron chi connectivity index (χ1n) is 2.55. The molecule has 1 heterocycles. The van der Waals surface area contributed by atoms with Gasteiger partial charge in [-0.25, -0.2) is 9.78 Å². The Bertz CT molecular complexity index is 267. The number of carbonyl (C=O) groups is 1. The summed E-state index contributed by atoms with van der Waals surface area (Å²) in [6, 6.07) is 2.92. The molecule has 0 saturated heterocycles. The summed E-state index contributed by atoms with van der Waals surface area (Å²) in [4.78, 5) is 13.9. The number of halogens is 1. The van der Waals surface area contributed by atoms with Crippen molar-refractivity contribution in [2.24, 2.45) is 0 Å². The summed E-state index contributed by atoms with van der Waals surface area (Å²) >= 11 is 5.43. The molecule has 0 aromatic carbocycles. The predicted octanol–water partition coefficient (Wildman–Crippen LogP) is 1.05. The zero-order valence-corrected chi connectivity index (χ0v) is 10.1. The van der Waals surface area contributed by atoms with E-state index in [0.717, 1.165) is 0 Å². The topological polar surface area (TPSA) is 50.2 Å². The molecule has 0 aliphatic heterocycles. The van der Waals surface area contributed by atoms with E-state index >= 15 is 0 Å². The van der Waals surface area contributed by atoms with Crippen LogP contribution in [0.3, 0.4) is 0 Å². The molecule has 1 aromatic rings. The number of carboxylic acid groups (broad SMARTS) is 1. The minimum Gasteiger partial charge on any atom is -0.478 e. The van der Waals surface area contributed by atoms with Crippen molar-refractivity contribution in [3.8, 4) is 0 Å². The monoisotopic (exact) mass is 365 g/mol. The quantitative estimate of drug-likeness (QED) is 0.599. The first-order valence-corrected chi connectivity index (χ1v) is 2.93. The van der Waals surface area contributed by atoms with E-state index in [1.165, 1.54) is 18.3 Å². The Morgan fingerprint density at radius 1 is 1.64 bits per heavy atom. The van der Waals surface area contributed by atoms with E-state index < -0.39 is 5.97 Å². The van der Waals surface area contributed by atoms with Crippen LogP contribution in [0.4, 0.5) is 0 Å². The molecule has 1 N–H and O–H groups in total. The van der Waals surface area contributed by atoms with Gasteiger partial charge in [0.15, 0.2) is 0 Å². The number of aromatic nitrogens is 1. The molecule has 0 unspecified atom stereocenters. The van der Waals surface area contributed by atoms with Crippen LogP contribution in [0.25, 0.3) is 0 Å². The minimum atomic E-state index is -1.06. The summed E-state index contributed by atoms with van der Waals surface area (Å²) in [5.41, 5.74) is 0.0316. The van der Waals surface area contributed by atoms with Crippen LogP contribution in [0.15, 0.2) is 18.3 Å². The molecule has 11 heavy (non-hydrogen) atoms. The standard InChI is InChI=1S/C6H4ClNO2.Pb/c7-5-4(6(9)10)2-1-3-8-5;/h1-3H,(H,9,10);. The molecule has 0 atom stereocenters. The molecule has 1 rings (SSSR count). The van der Waals surface area contributed by atoms with E-state index in [1.807, 2.05) is 0 Å². The third-order valence-corrected chi connectivity index (χ3v) is 1.29. The molecule has 1 aromatic heterocycles. The molecule has 5 heteroatoms. The SMILES string of the molecule is O=C(O)c1cccnc1Cl.[Pb]. The maximum absolute atomic E-state index is 10.3. The van der Waals surface area contributed by atoms with Gasteiger partial charge in [0.2, 0.25) is 0 Å². The van der Waals surface area contributed by atoms with Gasteiger partial charge >= 0.3 is 5.97 Å². The number of rotatable bonds is 1. The fraction of sp³-hybridized carbons (Fsp3) is 0. The Morgan fingerprint density at radius 2 is 2.27 bits per heavy atom. The molecule has 0 aliphatic rings. The summed E-state index contributed by atoms with van der Waals surface area (Å²) in [7, 11) is 0. The average Bonchev–Trinajstić information content (AvgIpc) is 1.88. The van der Waals surface area contributed by atoms with E-state index in [0.29, 0.717) is 0 Å². The van der Waals surface area contributed by atoms with Gasteiger partial charge in [-0.1, -0.05) is 11.6 Å². The molecule has 0 bridgehead atoms. The minimum absolute atomic E-state index is 0. The molecule has 0 spiro atoms. The molecular formula is C6H4ClNO2Pb. The first-order chi connectivity index (χ1) is 4.72. The Labute approximate surface area is 88.6 Å². The van der Waals surface area contributed by atoms with Crippen molar-refractivity contribution in [1.82, 2.24) is 4.98 Å². The van der Waals surface area contributed by atoms with Crippen LogP contribution in [0.5, 0.6) is 0 Å². The van der Waals surface area contributed by atoms with Gasteiger partial charge in [0.05, 0.1) is 5.56 Å². The molecule has 0 saturated carbocycles. The second-order valence-electron chi connectivity index (χ2n) is 1.65. The number of carboxylic acids is 1. The predicted molar refractivity (Wildman–Crippen MR) is 42.0 cm³/mol. The van der Waals surface area contributed by atoms with Crippen LogP contribution in [0, 0.1) is 0 Å². The Morgan fingerprint density at radius 3 is 2.64 bits per heavy atom. The zero-order valence-electron chi connectivity index (χ0n) is 5.41. The van der Waals surface area contributed by atoms with Crippen molar-refractivity contribution >= 4 is 44.9 Å². The van der Waals surface area contributed by atoms with Crippen molar-refractivity contribution < 1.29 is 9.90 Å². The van der Waals surface area contributed by atoms with Crippen molar-refractivity contribution in [3.05, 3.63) is 29.0 Å².